The van der Waals surface area contributed by atoms with Gasteiger partial charge in [0.25, 0.3) is 0 Å². The van der Waals surface area contributed by atoms with Crippen molar-refractivity contribution in [3.63, 3.8) is 0 Å². The zero-order chi connectivity index (χ0) is 13.4. The molecule has 0 unspecified atom stereocenters. The van der Waals surface area contributed by atoms with Crippen molar-refractivity contribution >= 4 is 16.5 Å². The summed E-state index contributed by atoms with van der Waals surface area (Å²) in [6.45, 7) is 4.97. The normalized spacial score (nSPS) is 19.1. The maximum Gasteiger partial charge on any atom is 0.185 e. The number of hydrogen-bond acceptors (Lipinski definition) is 6. The molecule has 2 aromatic rings. The number of nitrogens with zero attached hydrogens (tertiary/aromatic N) is 5. The first-order valence-electron chi connectivity index (χ1n) is 7.25. The monoisotopic (exact) mass is 290 g/mol. The topological polar surface area (TPSA) is 58.9 Å². The molecule has 4 rings (SSSR count). The van der Waals surface area contributed by atoms with Crippen LogP contribution in [0.5, 0.6) is 0 Å². The van der Waals surface area contributed by atoms with Gasteiger partial charge in [-0.05, 0) is 19.3 Å². The molecule has 0 saturated carbocycles. The largest absolute Gasteiger partial charge is 0.348 e. The average molecular weight is 290 g/mol. The Balaban J connectivity index is 1.63. The van der Waals surface area contributed by atoms with Gasteiger partial charge in [0.1, 0.15) is 11.5 Å². The quantitative estimate of drug-likeness (QED) is 0.908. The fourth-order valence-corrected chi connectivity index (χ4v) is 3.74. The Morgan fingerprint density at radius 1 is 1.10 bits per heavy atom. The number of nitrogens with one attached hydrogen (secondary N) is 1. The Labute approximate surface area is 121 Å². The van der Waals surface area contributed by atoms with Crippen LogP contribution in [0.25, 0.3) is 11.5 Å². The number of piperidine rings is 1. The smallest absolute Gasteiger partial charge is 0.185 e. The highest BCUT2D eigenvalue weighted by atomic mass is 32.1. The van der Waals surface area contributed by atoms with E-state index in [9.17, 15) is 0 Å². The third-order valence-electron chi connectivity index (χ3n) is 3.97. The fraction of sp³-hybridized carbons (Fsp3) is 0.615. The molecule has 0 bridgehead atoms. The first-order valence-corrected chi connectivity index (χ1v) is 8.13. The first kappa shape index (κ1) is 12.3. The molecule has 2 aliphatic rings. The van der Waals surface area contributed by atoms with Crippen molar-refractivity contribution in [2.24, 2.45) is 0 Å². The van der Waals surface area contributed by atoms with Crippen LogP contribution < -0.4 is 10.2 Å². The summed E-state index contributed by atoms with van der Waals surface area (Å²) in [4.78, 5) is 7.18. The molecule has 0 spiro atoms. The lowest BCUT2D eigenvalue weighted by atomic mass is 10.1. The van der Waals surface area contributed by atoms with Gasteiger partial charge in [0.2, 0.25) is 0 Å². The predicted octanol–water partition coefficient (Wildman–Crippen LogP) is 1.50. The van der Waals surface area contributed by atoms with Crippen molar-refractivity contribution in [1.82, 2.24) is 25.1 Å². The molecule has 20 heavy (non-hydrogen) atoms. The molecule has 1 saturated heterocycles. The van der Waals surface area contributed by atoms with Gasteiger partial charge in [0.05, 0.1) is 6.54 Å². The number of aromatic nitrogens is 4. The van der Waals surface area contributed by atoms with Gasteiger partial charge < -0.3 is 14.8 Å². The molecule has 7 heteroatoms. The van der Waals surface area contributed by atoms with Crippen molar-refractivity contribution in [2.45, 2.75) is 32.4 Å². The summed E-state index contributed by atoms with van der Waals surface area (Å²) in [5, 5.41) is 15.1. The lowest BCUT2D eigenvalue weighted by Crippen LogP contribution is -2.29. The van der Waals surface area contributed by atoms with E-state index in [0.717, 1.165) is 55.2 Å². The molecule has 1 N–H and O–H groups in total. The lowest BCUT2D eigenvalue weighted by Gasteiger charge is -2.25. The minimum absolute atomic E-state index is 0.802. The van der Waals surface area contributed by atoms with Crippen molar-refractivity contribution in [1.29, 1.82) is 0 Å². The molecule has 0 radical (unpaired) electrons. The molecule has 0 atom stereocenters. The molecule has 6 nitrogen and oxygen atoms in total. The van der Waals surface area contributed by atoms with Gasteiger partial charge >= 0.3 is 0 Å². The molecule has 2 aliphatic heterocycles. The van der Waals surface area contributed by atoms with Gasteiger partial charge in [-0.1, -0.05) is 0 Å². The molecular formula is C13H18N6S. The molecule has 0 amide bonds. The van der Waals surface area contributed by atoms with E-state index in [1.807, 2.05) is 0 Å². The van der Waals surface area contributed by atoms with Crippen LogP contribution in [0.4, 0.5) is 5.13 Å². The maximum atomic E-state index is 4.79. The SMILES string of the molecule is c1sc(N2CCCCC2)nc1-c1nnc2n1CCNC2. The molecule has 4 heterocycles. The minimum Gasteiger partial charge on any atom is -0.348 e. The number of anilines is 1. The summed E-state index contributed by atoms with van der Waals surface area (Å²) in [5.74, 6) is 1.93. The summed E-state index contributed by atoms with van der Waals surface area (Å²) in [7, 11) is 0. The maximum absolute atomic E-state index is 4.79. The molecule has 106 valence electrons. The third kappa shape index (κ3) is 2.10. The van der Waals surface area contributed by atoms with E-state index in [1.54, 1.807) is 11.3 Å². The first-order chi connectivity index (χ1) is 9.92. The third-order valence-corrected chi connectivity index (χ3v) is 4.87. The summed E-state index contributed by atoms with van der Waals surface area (Å²) in [6.07, 6.45) is 3.90. The van der Waals surface area contributed by atoms with E-state index in [2.05, 4.69) is 30.4 Å². The zero-order valence-electron chi connectivity index (χ0n) is 11.4. The van der Waals surface area contributed by atoms with Gasteiger partial charge in [-0.3, -0.25) is 0 Å². The van der Waals surface area contributed by atoms with Crippen molar-refractivity contribution in [3.8, 4) is 11.5 Å². The predicted molar refractivity (Wildman–Crippen MR) is 78.9 cm³/mol. The number of thiazole rings is 1. The number of rotatable bonds is 2. The second-order valence-electron chi connectivity index (χ2n) is 5.33. The Hall–Kier alpha value is -1.47. The van der Waals surface area contributed by atoms with E-state index >= 15 is 0 Å². The highest BCUT2D eigenvalue weighted by Gasteiger charge is 2.20. The van der Waals surface area contributed by atoms with E-state index in [4.69, 9.17) is 4.98 Å². The van der Waals surface area contributed by atoms with Gasteiger partial charge in [-0.25, -0.2) is 4.98 Å². The molecule has 2 aromatic heterocycles. The minimum atomic E-state index is 0.802. The van der Waals surface area contributed by atoms with Gasteiger partial charge in [0.15, 0.2) is 11.0 Å². The Morgan fingerprint density at radius 3 is 2.90 bits per heavy atom. The second kappa shape index (κ2) is 5.14. The molecule has 0 aliphatic carbocycles. The Kier molecular flexibility index (Phi) is 3.16. The summed E-state index contributed by atoms with van der Waals surface area (Å²) >= 11 is 1.72. The second-order valence-corrected chi connectivity index (χ2v) is 6.17. The number of fused-ring (bicyclic) bond motifs is 1. The van der Waals surface area contributed by atoms with Gasteiger partial charge in [0, 0.05) is 31.6 Å². The summed E-state index contributed by atoms with van der Waals surface area (Å²) in [6, 6.07) is 0. The molecule has 0 aromatic carbocycles. The van der Waals surface area contributed by atoms with Crippen molar-refractivity contribution < 1.29 is 0 Å². The van der Waals surface area contributed by atoms with Crippen LogP contribution in [0.3, 0.4) is 0 Å². The van der Waals surface area contributed by atoms with Crippen LogP contribution in [0.1, 0.15) is 25.1 Å². The van der Waals surface area contributed by atoms with Gasteiger partial charge in [-0.15, -0.1) is 21.5 Å². The fourth-order valence-electron chi connectivity index (χ4n) is 2.88. The highest BCUT2D eigenvalue weighted by Crippen LogP contribution is 2.29. The van der Waals surface area contributed by atoms with Crippen LogP contribution in [0.15, 0.2) is 5.38 Å². The molecular weight excluding hydrogens is 272 g/mol. The van der Waals surface area contributed by atoms with E-state index < -0.39 is 0 Å². The molecule has 1 fully saturated rings. The standard InChI is InChI=1S/C13H18N6S/c1-2-5-18(6-3-1)13-15-10(9-20-13)12-17-16-11-8-14-4-7-19(11)12/h9,14H,1-8H2. The van der Waals surface area contributed by atoms with Crippen molar-refractivity contribution in [3.05, 3.63) is 11.2 Å². The summed E-state index contributed by atoms with van der Waals surface area (Å²) < 4.78 is 2.19. The van der Waals surface area contributed by atoms with E-state index in [-0.39, 0.29) is 0 Å². The van der Waals surface area contributed by atoms with Crippen LogP contribution in [-0.4, -0.2) is 39.4 Å². The van der Waals surface area contributed by atoms with Crippen LogP contribution in [-0.2, 0) is 13.1 Å². The van der Waals surface area contributed by atoms with Crippen molar-refractivity contribution in [2.75, 3.05) is 24.5 Å². The van der Waals surface area contributed by atoms with Gasteiger partial charge in [-0.2, -0.15) is 0 Å². The van der Waals surface area contributed by atoms with E-state index in [1.165, 1.54) is 19.3 Å². The Bertz CT molecular complexity index is 598. The summed E-state index contributed by atoms with van der Waals surface area (Å²) in [5.41, 5.74) is 0.969. The van der Waals surface area contributed by atoms with Crippen LogP contribution >= 0.6 is 11.3 Å². The number of hydrogen-bond donors (Lipinski definition) is 1. The van der Waals surface area contributed by atoms with E-state index in [0.29, 0.717) is 0 Å². The Morgan fingerprint density at radius 2 is 2.00 bits per heavy atom. The van der Waals surface area contributed by atoms with Crippen LogP contribution in [0.2, 0.25) is 0 Å². The lowest BCUT2D eigenvalue weighted by molar-refractivity contribution is 0.508. The highest BCUT2D eigenvalue weighted by molar-refractivity contribution is 7.14. The van der Waals surface area contributed by atoms with Crippen LogP contribution in [0, 0.1) is 0 Å². The average Bonchev–Trinajstić information content (AvgIpc) is 3.14. The zero-order valence-corrected chi connectivity index (χ0v) is 12.2.